The number of para-hydroxylation sites is 1. The number of halogens is 1. The molecule has 2 aromatic rings. The molecule has 0 aromatic heterocycles. The van der Waals surface area contributed by atoms with Crippen molar-refractivity contribution in [2.45, 2.75) is 19.5 Å². The van der Waals surface area contributed by atoms with Gasteiger partial charge in [-0.15, -0.1) is 0 Å². The van der Waals surface area contributed by atoms with Gasteiger partial charge in [-0.2, -0.15) is 0 Å². The number of nitrogens with one attached hydrogen (secondary N) is 1. The van der Waals surface area contributed by atoms with Crippen LogP contribution in [0.5, 0.6) is 5.75 Å². The Morgan fingerprint density at radius 1 is 1.24 bits per heavy atom. The van der Waals surface area contributed by atoms with Crippen molar-refractivity contribution >= 4 is 11.6 Å². The van der Waals surface area contributed by atoms with Crippen LogP contribution in [0.25, 0.3) is 0 Å². The van der Waals surface area contributed by atoms with Crippen molar-refractivity contribution in [2.24, 2.45) is 0 Å². The molecule has 0 aliphatic carbocycles. The third-order valence-corrected chi connectivity index (χ3v) is 3.51. The van der Waals surface area contributed by atoms with Crippen LogP contribution >= 0.6 is 11.6 Å². The van der Waals surface area contributed by atoms with Gasteiger partial charge in [-0.1, -0.05) is 54.6 Å². The molecule has 1 atom stereocenters. The molecule has 0 aliphatic heterocycles. The molecule has 3 heteroatoms. The standard InChI is InChI=1S/C18H20ClNO/c1-3-11-21-18-10-5-4-7-16(18)13-20-14(2)15-8-6-9-17(19)12-15/h3-10,12,14,20H,1,11,13H2,2H3. The van der Waals surface area contributed by atoms with E-state index in [-0.39, 0.29) is 6.04 Å². The molecule has 0 fully saturated rings. The molecule has 0 spiro atoms. The first kappa shape index (κ1) is 15.6. The van der Waals surface area contributed by atoms with Crippen molar-refractivity contribution in [2.75, 3.05) is 6.61 Å². The van der Waals surface area contributed by atoms with Gasteiger partial charge in [0.25, 0.3) is 0 Å². The fourth-order valence-electron chi connectivity index (χ4n) is 2.10. The van der Waals surface area contributed by atoms with E-state index < -0.39 is 0 Å². The summed E-state index contributed by atoms with van der Waals surface area (Å²) >= 11 is 6.03. The van der Waals surface area contributed by atoms with Gasteiger partial charge in [0.05, 0.1) is 0 Å². The molecule has 2 rings (SSSR count). The molecule has 2 nitrogen and oxygen atoms in total. The van der Waals surface area contributed by atoms with Crippen LogP contribution in [0.2, 0.25) is 5.02 Å². The first-order chi connectivity index (χ1) is 10.2. The van der Waals surface area contributed by atoms with Crippen molar-refractivity contribution in [1.29, 1.82) is 0 Å². The molecule has 0 bridgehead atoms. The Balaban J connectivity index is 2.01. The predicted molar refractivity (Wildman–Crippen MR) is 88.8 cm³/mol. The highest BCUT2D eigenvalue weighted by molar-refractivity contribution is 6.30. The number of hydrogen-bond donors (Lipinski definition) is 1. The van der Waals surface area contributed by atoms with E-state index in [0.29, 0.717) is 6.61 Å². The minimum Gasteiger partial charge on any atom is -0.489 e. The maximum atomic E-state index is 6.03. The topological polar surface area (TPSA) is 21.3 Å². The molecule has 1 unspecified atom stereocenters. The Morgan fingerprint density at radius 2 is 2.05 bits per heavy atom. The molecule has 0 aliphatic rings. The largest absolute Gasteiger partial charge is 0.489 e. The summed E-state index contributed by atoms with van der Waals surface area (Å²) in [5.74, 6) is 0.892. The summed E-state index contributed by atoms with van der Waals surface area (Å²) in [5.41, 5.74) is 2.31. The molecular weight excluding hydrogens is 282 g/mol. The van der Waals surface area contributed by atoms with Gasteiger partial charge in [-0.3, -0.25) is 0 Å². The summed E-state index contributed by atoms with van der Waals surface area (Å²) in [6.07, 6.45) is 1.75. The van der Waals surface area contributed by atoms with Crippen LogP contribution in [0.3, 0.4) is 0 Å². The van der Waals surface area contributed by atoms with Crippen LogP contribution in [-0.2, 0) is 6.54 Å². The molecular formula is C18H20ClNO. The average Bonchev–Trinajstić information content (AvgIpc) is 2.51. The van der Waals surface area contributed by atoms with Crippen molar-refractivity contribution in [3.05, 3.63) is 77.3 Å². The van der Waals surface area contributed by atoms with E-state index in [2.05, 4.69) is 31.0 Å². The van der Waals surface area contributed by atoms with Crippen LogP contribution in [-0.4, -0.2) is 6.61 Å². The van der Waals surface area contributed by atoms with Gasteiger partial charge in [0, 0.05) is 23.2 Å². The van der Waals surface area contributed by atoms with Gasteiger partial charge in [-0.05, 0) is 30.7 Å². The summed E-state index contributed by atoms with van der Waals surface area (Å²) in [4.78, 5) is 0. The summed E-state index contributed by atoms with van der Waals surface area (Å²) < 4.78 is 5.66. The monoisotopic (exact) mass is 301 g/mol. The fourth-order valence-corrected chi connectivity index (χ4v) is 2.29. The second-order valence-corrected chi connectivity index (χ2v) is 5.30. The van der Waals surface area contributed by atoms with Gasteiger partial charge in [0.15, 0.2) is 0 Å². The Kier molecular flexibility index (Phi) is 5.85. The maximum absolute atomic E-state index is 6.03. The number of ether oxygens (including phenoxy) is 1. The van der Waals surface area contributed by atoms with Crippen molar-refractivity contribution in [3.63, 3.8) is 0 Å². The van der Waals surface area contributed by atoms with E-state index in [1.54, 1.807) is 6.08 Å². The predicted octanol–water partition coefficient (Wildman–Crippen LogP) is 4.76. The van der Waals surface area contributed by atoms with Crippen molar-refractivity contribution in [1.82, 2.24) is 5.32 Å². The third kappa shape index (κ3) is 4.62. The minimum absolute atomic E-state index is 0.219. The van der Waals surface area contributed by atoms with Gasteiger partial charge in [-0.25, -0.2) is 0 Å². The van der Waals surface area contributed by atoms with Crippen molar-refractivity contribution in [3.8, 4) is 5.75 Å². The van der Waals surface area contributed by atoms with E-state index >= 15 is 0 Å². The first-order valence-electron chi connectivity index (χ1n) is 7.01. The molecule has 21 heavy (non-hydrogen) atoms. The summed E-state index contributed by atoms with van der Waals surface area (Å²) in [7, 11) is 0. The summed E-state index contributed by atoms with van der Waals surface area (Å²) in [5, 5.41) is 4.25. The smallest absolute Gasteiger partial charge is 0.124 e. The number of benzene rings is 2. The lowest BCUT2D eigenvalue weighted by molar-refractivity contribution is 0.357. The van der Waals surface area contributed by atoms with Crippen LogP contribution in [0.1, 0.15) is 24.1 Å². The Hall–Kier alpha value is -1.77. The summed E-state index contributed by atoms with van der Waals surface area (Å²) in [6.45, 7) is 7.05. The van der Waals surface area contributed by atoms with E-state index in [0.717, 1.165) is 22.9 Å². The quantitative estimate of drug-likeness (QED) is 0.745. The fraction of sp³-hybridized carbons (Fsp3) is 0.222. The first-order valence-corrected chi connectivity index (χ1v) is 7.39. The summed E-state index contributed by atoms with van der Waals surface area (Å²) in [6, 6.07) is 16.2. The Bertz CT molecular complexity index is 597. The van der Waals surface area contributed by atoms with Gasteiger partial charge >= 0.3 is 0 Å². The molecule has 1 N–H and O–H groups in total. The lowest BCUT2D eigenvalue weighted by Gasteiger charge is -2.16. The minimum atomic E-state index is 0.219. The number of hydrogen-bond acceptors (Lipinski definition) is 2. The van der Waals surface area contributed by atoms with Gasteiger partial charge in [0.1, 0.15) is 12.4 Å². The van der Waals surface area contributed by atoms with Crippen LogP contribution < -0.4 is 10.1 Å². The van der Waals surface area contributed by atoms with Crippen molar-refractivity contribution < 1.29 is 4.74 Å². The maximum Gasteiger partial charge on any atom is 0.124 e. The second-order valence-electron chi connectivity index (χ2n) is 4.86. The van der Waals surface area contributed by atoms with E-state index in [1.165, 1.54) is 5.56 Å². The Morgan fingerprint density at radius 3 is 2.81 bits per heavy atom. The van der Waals surface area contributed by atoms with Crippen LogP contribution in [0.15, 0.2) is 61.2 Å². The molecule has 0 saturated heterocycles. The SMILES string of the molecule is C=CCOc1ccccc1CNC(C)c1cccc(Cl)c1. The highest BCUT2D eigenvalue weighted by Crippen LogP contribution is 2.21. The van der Waals surface area contributed by atoms with E-state index in [9.17, 15) is 0 Å². The highest BCUT2D eigenvalue weighted by atomic mass is 35.5. The molecule has 0 amide bonds. The van der Waals surface area contributed by atoms with E-state index in [1.807, 2.05) is 36.4 Å². The molecule has 0 radical (unpaired) electrons. The average molecular weight is 302 g/mol. The van der Waals surface area contributed by atoms with Gasteiger partial charge < -0.3 is 10.1 Å². The molecule has 2 aromatic carbocycles. The zero-order chi connectivity index (χ0) is 15.1. The van der Waals surface area contributed by atoms with Crippen LogP contribution in [0, 0.1) is 0 Å². The lowest BCUT2D eigenvalue weighted by Crippen LogP contribution is -2.18. The highest BCUT2D eigenvalue weighted by Gasteiger charge is 2.07. The number of rotatable bonds is 7. The van der Waals surface area contributed by atoms with Crippen LogP contribution in [0.4, 0.5) is 0 Å². The zero-order valence-electron chi connectivity index (χ0n) is 12.2. The van der Waals surface area contributed by atoms with Gasteiger partial charge in [0.2, 0.25) is 0 Å². The lowest BCUT2D eigenvalue weighted by atomic mass is 10.1. The normalized spacial score (nSPS) is 11.9. The third-order valence-electron chi connectivity index (χ3n) is 3.28. The molecule has 0 saturated carbocycles. The second kappa shape index (κ2) is 7.87. The van der Waals surface area contributed by atoms with E-state index in [4.69, 9.17) is 16.3 Å². The zero-order valence-corrected chi connectivity index (χ0v) is 12.9. The Labute approximate surface area is 131 Å². The molecule has 0 heterocycles. The molecule has 110 valence electrons.